The van der Waals surface area contributed by atoms with E-state index in [2.05, 4.69) is 4.72 Å². The summed E-state index contributed by atoms with van der Waals surface area (Å²) in [4.78, 5) is 11.1. The zero-order chi connectivity index (χ0) is 15.1. The lowest BCUT2D eigenvalue weighted by molar-refractivity contribution is 0.0696. The number of benzene rings is 1. The molecule has 0 spiro atoms. The largest absolute Gasteiger partial charge is 0.478 e. The van der Waals surface area contributed by atoms with Crippen LogP contribution >= 0.6 is 0 Å². The quantitative estimate of drug-likeness (QED) is 0.892. The summed E-state index contributed by atoms with van der Waals surface area (Å²) in [7, 11) is -3.70. The van der Waals surface area contributed by atoms with Crippen LogP contribution in [-0.2, 0) is 10.0 Å². The van der Waals surface area contributed by atoms with Crippen LogP contribution in [0.4, 0.5) is 0 Å². The summed E-state index contributed by atoms with van der Waals surface area (Å²) in [5.74, 6) is -1.13. The Balaban J connectivity index is 2.47. The summed E-state index contributed by atoms with van der Waals surface area (Å²) in [6.45, 7) is 5.28. The Morgan fingerprint density at radius 3 is 2.35 bits per heavy atom. The van der Waals surface area contributed by atoms with E-state index in [9.17, 15) is 13.2 Å². The van der Waals surface area contributed by atoms with Crippen molar-refractivity contribution in [2.24, 2.45) is 0 Å². The van der Waals surface area contributed by atoms with Gasteiger partial charge in [-0.15, -0.1) is 0 Å². The van der Waals surface area contributed by atoms with Crippen LogP contribution in [0.25, 0.3) is 0 Å². The third-order valence-corrected chi connectivity index (χ3v) is 5.76. The molecule has 0 amide bonds. The molecule has 0 heterocycles. The van der Waals surface area contributed by atoms with E-state index in [1.165, 1.54) is 12.1 Å². The molecule has 1 aromatic rings. The highest BCUT2D eigenvalue weighted by Crippen LogP contribution is 2.33. The molecule has 110 valence electrons. The number of hydrogen-bond donors (Lipinski definition) is 2. The molecule has 1 saturated carbocycles. The van der Waals surface area contributed by atoms with Crippen molar-refractivity contribution in [3.05, 3.63) is 28.8 Å². The molecule has 1 aromatic carbocycles. The number of carboxylic acids is 1. The van der Waals surface area contributed by atoms with E-state index >= 15 is 0 Å². The first-order valence-corrected chi connectivity index (χ1v) is 8.01. The first kappa shape index (κ1) is 15.0. The highest BCUT2D eigenvalue weighted by atomic mass is 32.2. The van der Waals surface area contributed by atoms with Gasteiger partial charge in [0.05, 0.1) is 10.5 Å². The van der Waals surface area contributed by atoms with Gasteiger partial charge in [-0.05, 0) is 63.3 Å². The minimum atomic E-state index is -3.70. The Bertz CT molecular complexity index is 660. The molecule has 0 saturated heterocycles. The standard InChI is InChI=1S/C14H19NO4S/c1-9-7-11(13(16)17)8-12(10(9)2)20(18,19)15-14(3)5-4-6-14/h7-8,15H,4-6H2,1-3H3,(H,16,17). The SMILES string of the molecule is Cc1cc(C(=O)O)cc(S(=O)(=O)NC2(C)CCC2)c1C. The zero-order valence-corrected chi connectivity index (χ0v) is 12.7. The van der Waals surface area contributed by atoms with Gasteiger partial charge in [-0.25, -0.2) is 17.9 Å². The van der Waals surface area contributed by atoms with Crippen LogP contribution in [0.3, 0.4) is 0 Å². The molecule has 6 heteroatoms. The number of carbonyl (C=O) groups is 1. The Morgan fingerprint density at radius 1 is 1.30 bits per heavy atom. The molecule has 20 heavy (non-hydrogen) atoms. The molecule has 0 aliphatic heterocycles. The van der Waals surface area contributed by atoms with Gasteiger partial charge in [0.15, 0.2) is 0 Å². The predicted octanol–water partition coefficient (Wildman–Crippen LogP) is 2.22. The van der Waals surface area contributed by atoms with Gasteiger partial charge in [-0.1, -0.05) is 0 Å². The van der Waals surface area contributed by atoms with Gasteiger partial charge in [0.2, 0.25) is 10.0 Å². The number of hydrogen-bond acceptors (Lipinski definition) is 3. The predicted molar refractivity (Wildman–Crippen MR) is 75.5 cm³/mol. The number of sulfonamides is 1. The Hall–Kier alpha value is -1.40. The molecule has 1 aliphatic carbocycles. The number of aryl methyl sites for hydroxylation is 1. The summed E-state index contributed by atoms with van der Waals surface area (Å²) >= 11 is 0. The monoisotopic (exact) mass is 297 g/mol. The van der Waals surface area contributed by atoms with Gasteiger partial charge < -0.3 is 5.11 Å². The van der Waals surface area contributed by atoms with E-state index in [1.54, 1.807) is 13.8 Å². The minimum absolute atomic E-state index is 0.00719. The van der Waals surface area contributed by atoms with Gasteiger partial charge in [0.25, 0.3) is 0 Å². The van der Waals surface area contributed by atoms with Crippen molar-refractivity contribution in [3.63, 3.8) is 0 Å². The molecular formula is C14H19NO4S. The van der Waals surface area contributed by atoms with Crippen molar-refractivity contribution in [1.29, 1.82) is 0 Å². The Morgan fingerprint density at radius 2 is 1.90 bits per heavy atom. The average molecular weight is 297 g/mol. The number of rotatable bonds is 4. The van der Waals surface area contributed by atoms with Gasteiger partial charge in [0, 0.05) is 5.54 Å². The highest BCUT2D eigenvalue weighted by molar-refractivity contribution is 7.89. The van der Waals surface area contributed by atoms with E-state index in [1.807, 2.05) is 6.92 Å². The normalized spacial score (nSPS) is 17.6. The topological polar surface area (TPSA) is 83.5 Å². The fraction of sp³-hybridized carbons (Fsp3) is 0.500. The van der Waals surface area contributed by atoms with Crippen molar-refractivity contribution in [2.45, 2.75) is 50.5 Å². The van der Waals surface area contributed by atoms with Crippen LogP contribution in [0.15, 0.2) is 17.0 Å². The summed E-state index contributed by atoms with van der Waals surface area (Å²) in [6, 6.07) is 2.72. The molecule has 1 fully saturated rings. The van der Waals surface area contributed by atoms with Gasteiger partial charge >= 0.3 is 5.97 Å². The zero-order valence-electron chi connectivity index (χ0n) is 11.9. The highest BCUT2D eigenvalue weighted by Gasteiger charge is 2.36. The molecule has 1 aliphatic rings. The molecule has 0 radical (unpaired) electrons. The molecule has 5 nitrogen and oxygen atoms in total. The Kier molecular flexibility index (Phi) is 3.64. The fourth-order valence-corrected chi connectivity index (χ4v) is 4.23. The van der Waals surface area contributed by atoms with E-state index in [0.717, 1.165) is 19.3 Å². The lowest BCUT2D eigenvalue weighted by atomic mass is 9.80. The van der Waals surface area contributed by atoms with Gasteiger partial charge in [-0.2, -0.15) is 0 Å². The first-order valence-electron chi connectivity index (χ1n) is 6.53. The molecule has 0 bridgehead atoms. The molecule has 0 aromatic heterocycles. The number of nitrogens with one attached hydrogen (secondary N) is 1. The maximum Gasteiger partial charge on any atom is 0.335 e. The molecule has 2 N–H and O–H groups in total. The summed E-state index contributed by atoms with van der Waals surface area (Å²) in [6.07, 6.45) is 2.62. The molecule has 2 rings (SSSR count). The smallest absolute Gasteiger partial charge is 0.335 e. The molecule has 0 atom stereocenters. The average Bonchev–Trinajstić information content (AvgIpc) is 2.29. The van der Waals surface area contributed by atoms with Crippen LogP contribution in [0.5, 0.6) is 0 Å². The third-order valence-electron chi connectivity index (χ3n) is 3.99. The minimum Gasteiger partial charge on any atom is -0.478 e. The van der Waals surface area contributed by atoms with Crippen molar-refractivity contribution in [1.82, 2.24) is 4.72 Å². The first-order chi connectivity index (χ1) is 9.15. The third kappa shape index (κ3) is 2.71. The van der Waals surface area contributed by atoms with Crippen LogP contribution in [0.1, 0.15) is 47.7 Å². The van der Waals surface area contributed by atoms with E-state index in [0.29, 0.717) is 11.1 Å². The van der Waals surface area contributed by atoms with Crippen LogP contribution in [0.2, 0.25) is 0 Å². The lowest BCUT2D eigenvalue weighted by Crippen LogP contribution is -2.50. The van der Waals surface area contributed by atoms with Crippen LogP contribution < -0.4 is 4.72 Å². The molecular weight excluding hydrogens is 278 g/mol. The summed E-state index contributed by atoms with van der Waals surface area (Å²) in [5, 5.41) is 9.07. The maximum atomic E-state index is 12.5. The second kappa shape index (κ2) is 4.86. The maximum absolute atomic E-state index is 12.5. The van der Waals surface area contributed by atoms with E-state index < -0.39 is 21.5 Å². The van der Waals surface area contributed by atoms with Gasteiger partial charge in [0.1, 0.15) is 0 Å². The summed E-state index contributed by atoms with van der Waals surface area (Å²) < 4.78 is 27.7. The van der Waals surface area contributed by atoms with Crippen molar-refractivity contribution in [2.75, 3.05) is 0 Å². The second-order valence-corrected chi connectivity index (χ2v) is 7.39. The number of carboxylic acid groups (broad SMARTS) is 1. The van der Waals surface area contributed by atoms with E-state index in [4.69, 9.17) is 5.11 Å². The fourth-order valence-electron chi connectivity index (χ4n) is 2.42. The number of aromatic carboxylic acids is 1. The van der Waals surface area contributed by atoms with Crippen molar-refractivity contribution in [3.8, 4) is 0 Å². The second-order valence-electron chi connectivity index (χ2n) is 5.74. The Labute approximate surface area is 119 Å². The van der Waals surface area contributed by atoms with Gasteiger partial charge in [-0.3, -0.25) is 0 Å². The van der Waals surface area contributed by atoms with Crippen molar-refractivity contribution >= 4 is 16.0 Å². The lowest BCUT2D eigenvalue weighted by Gasteiger charge is -2.38. The van der Waals surface area contributed by atoms with E-state index in [-0.39, 0.29) is 10.5 Å². The van der Waals surface area contributed by atoms with Crippen molar-refractivity contribution < 1.29 is 18.3 Å². The summed E-state index contributed by atoms with van der Waals surface area (Å²) in [5.41, 5.74) is 0.833. The molecule has 0 unspecified atom stereocenters. The van der Waals surface area contributed by atoms with Crippen LogP contribution in [-0.4, -0.2) is 25.0 Å². The van der Waals surface area contributed by atoms with Crippen LogP contribution in [0, 0.1) is 13.8 Å².